The second-order valence-corrected chi connectivity index (χ2v) is 7.74. The molecule has 0 amide bonds. The van der Waals surface area contributed by atoms with Crippen molar-refractivity contribution >= 4 is 37.7 Å². The summed E-state index contributed by atoms with van der Waals surface area (Å²) in [6.45, 7) is 2.45. The first kappa shape index (κ1) is 16.8. The number of halogens is 1. The van der Waals surface area contributed by atoms with Crippen LogP contribution in [0, 0.1) is 5.92 Å². The first-order valence-electron chi connectivity index (χ1n) is 5.73. The Morgan fingerprint density at radius 1 is 1.47 bits per heavy atom. The fraction of sp³-hybridized carbons (Fsp3) is 0.500. The molecule has 0 bridgehead atoms. The van der Waals surface area contributed by atoms with Crippen LogP contribution in [-0.4, -0.2) is 34.1 Å². The first-order chi connectivity index (χ1) is 8.90. The van der Waals surface area contributed by atoms with E-state index in [0.29, 0.717) is 22.7 Å². The molecule has 0 spiro atoms. The van der Waals surface area contributed by atoms with Crippen LogP contribution in [0.1, 0.15) is 6.92 Å². The van der Waals surface area contributed by atoms with Gasteiger partial charge in [-0.25, -0.2) is 13.1 Å². The van der Waals surface area contributed by atoms with E-state index in [2.05, 4.69) is 20.7 Å². The quantitative estimate of drug-likeness (QED) is 0.804. The lowest BCUT2D eigenvalue weighted by atomic mass is 10.2. The van der Waals surface area contributed by atoms with E-state index >= 15 is 0 Å². The summed E-state index contributed by atoms with van der Waals surface area (Å²) in [6, 6.07) is 4.70. The average Bonchev–Trinajstić information content (AvgIpc) is 2.37. The normalized spacial score (nSPS) is 13.3. The van der Waals surface area contributed by atoms with Gasteiger partial charge in [-0.1, -0.05) is 6.92 Å². The molecule has 1 atom stereocenters. The standard InChI is InChI=1S/C12H18BrNO3S2/c1-9(8-18-3)7-14-19(15,16)10-4-5-12(17-2)11(13)6-10/h4-6,9,14H,7-8H2,1-3H3. The van der Waals surface area contributed by atoms with Gasteiger partial charge >= 0.3 is 0 Å². The monoisotopic (exact) mass is 367 g/mol. The van der Waals surface area contributed by atoms with Gasteiger partial charge in [0.25, 0.3) is 0 Å². The highest BCUT2D eigenvalue weighted by atomic mass is 79.9. The Bertz CT molecular complexity index is 520. The lowest BCUT2D eigenvalue weighted by Gasteiger charge is -2.12. The third-order valence-electron chi connectivity index (χ3n) is 2.51. The Balaban J connectivity index is 2.80. The number of hydrogen-bond acceptors (Lipinski definition) is 4. The summed E-state index contributed by atoms with van der Waals surface area (Å²) >= 11 is 4.99. The lowest BCUT2D eigenvalue weighted by molar-refractivity contribution is 0.411. The maximum atomic E-state index is 12.1. The van der Waals surface area contributed by atoms with Crippen LogP contribution in [0.15, 0.2) is 27.6 Å². The van der Waals surface area contributed by atoms with E-state index in [-0.39, 0.29) is 4.90 Å². The van der Waals surface area contributed by atoms with Gasteiger partial charge in [0.1, 0.15) is 5.75 Å². The zero-order valence-electron chi connectivity index (χ0n) is 11.1. The van der Waals surface area contributed by atoms with Crippen LogP contribution >= 0.6 is 27.7 Å². The van der Waals surface area contributed by atoms with Crippen molar-refractivity contribution in [2.45, 2.75) is 11.8 Å². The number of methoxy groups -OCH3 is 1. The molecule has 0 heterocycles. The molecule has 0 fully saturated rings. The van der Waals surface area contributed by atoms with E-state index in [1.807, 2.05) is 13.2 Å². The maximum absolute atomic E-state index is 12.1. The Kier molecular flexibility index (Phi) is 6.65. The summed E-state index contributed by atoms with van der Waals surface area (Å²) in [4.78, 5) is 0.233. The molecule has 0 aliphatic carbocycles. The Labute approximate surface area is 127 Å². The molecule has 1 unspecified atom stereocenters. The van der Waals surface area contributed by atoms with Gasteiger partial charge < -0.3 is 4.74 Å². The first-order valence-corrected chi connectivity index (χ1v) is 9.40. The number of ether oxygens (including phenoxy) is 1. The summed E-state index contributed by atoms with van der Waals surface area (Å²) in [7, 11) is -1.93. The van der Waals surface area contributed by atoms with Crippen molar-refractivity contribution in [3.05, 3.63) is 22.7 Å². The van der Waals surface area contributed by atoms with Crippen molar-refractivity contribution in [3.63, 3.8) is 0 Å². The molecule has 1 N–H and O–H groups in total. The van der Waals surface area contributed by atoms with E-state index in [1.165, 1.54) is 13.2 Å². The maximum Gasteiger partial charge on any atom is 0.240 e. The number of thioether (sulfide) groups is 1. The second-order valence-electron chi connectivity index (χ2n) is 4.21. The van der Waals surface area contributed by atoms with Gasteiger partial charge in [0.05, 0.1) is 16.5 Å². The van der Waals surface area contributed by atoms with Gasteiger partial charge in [-0.3, -0.25) is 0 Å². The molecule has 0 radical (unpaired) electrons. The predicted molar refractivity (Wildman–Crippen MR) is 83.4 cm³/mol. The van der Waals surface area contributed by atoms with E-state index in [0.717, 1.165) is 5.75 Å². The number of rotatable bonds is 7. The molecule has 1 aromatic carbocycles. The molecule has 19 heavy (non-hydrogen) atoms. The number of hydrogen-bond donors (Lipinski definition) is 1. The van der Waals surface area contributed by atoms with E-state index in [4.69, 9.17) is 4.74 Å². The summed E-state index contributed by atoms with van der Waals surface area (Å²) in [6.07, 6.45) is 2.01. The van der Waals surface area contributed by atoms with E-state index in [1.54, 1.807) is 23.9 Å². The minimum absolute atomic E-state index is 0.233. The molecule has 0 aliphatic heterocycles. The molecule has 1 aromatic rings. The number of benzene rings is 1. The number of sulfonamides is 1. The molecule has 108 valence electrons. The molecule has 4 nitrogen and oxygen atoms in total. The topological polar surface area (TPSA) is 55.4 Å². The van der Waals surface area contributed by atoms with Crippen molar-refractivity contribution in [1.29, 1.82) is 0 Å². The summed E-state index contributed by atoms with van der Waals surface area (Å²) < 4.78 is 32.5. The van der Waals surface area contributed by atoms with Crippen molar-refractivity contribution in [3.8, 4) is 5.75 Å². The fourth-order valence-corrected chi connectivity index (χ4v) is 4.06. The molecule has 1 rings (SSSR count). The highest BCUT2D eigenvalue weighted by Gasteiger charge is 2.16. The summed E-state index contributed by atoms with van der Waals surface area (Å²) in [5.41, 5.74) is 0. The third kappa shape index (κ3) is 4.98. The highest BCUT2D eigenvalue weighted by Crippen LogP contribution is 2.27. The molecule has 0 saturated carbocycles. The fourth-order valence-electron chi connectivity index (χ4n) is 1.49. The van der Waals surface area contributed by atoms with Crippen molar-refractivity contribution in [2.24, 2.45) is 5.92 Å². The number of nitrogens with one attached hydrogen (secondary N) is 1. The Morgan fingerprint density at radius 2 is 2.16 bits per heavy atom. The van der Waals surface area contributed by atoms with Gasteiger partial charge in [-0.05, 0) is 52.1 Å². The molecule has 7 heteroatoms. The van der Waals surface area contributed by atoms with Gasteiger partial charge in [0, 0.05) is 6.54 Å². The smallest absolute Gasteiger partial charge is 0.240 e. The lowest BCUT2D eigenvalue weighted by Crippen LogP contribution is -2.29. The molecular weight excluding hydrogens is 350 g/mol. The molecular formula is C12H18BrNO3S2. The Hall–Kier alpha value is -0.240. The van der Waals surface area contributed by atoms with Crippen molar-refractivity contribution < 1.29 is 13.2 Å². The van der Waals surface area contributed by atoms with Gasteiger partial charge in [0.15, 0.2) is 0 Å². The van der Waals surface area contributed by atoms with Crippen LogP contribution in [0.2, 0.25) is 0 Å². The summed E-state index contributed by atoms with van der Waals surface area (Å²) in [5.74, 6) is 1.83. The van der Waals surface area contributed by atoms with E-state index < -0.39 is 10.0 Å². The van der Waals surface area contributed by atoms with Gasteiger partial charge in [-0.2, -0.15) is 11.8 Å². The van der Waals surface area contributed by atoms with Crippen LogP contribution in [-0.2, 0) is 10.0 Å². The van der Waals surface area contributed by atoms with Gasteiger partial charge in [0.2, 0.25) is 10.0 Å². The Morgan fingerprint density at radius 3 is 2.68 bits per heavy atom. The SMILES string of the molecule is COc1ccc(S(=O)(=O)NCC(C)CSC)cc1Br. The van der Waals surface area contributed by atoms with Crippen LogP contribution in [0.3, 0.4) is 0 Å². The molecule has 0 saturated heterocycles. The zero-order valence-corrected chi connectivity index (χ0v) is 14.4. The highest BCUT2D eigenvalue weighted by molar-refractivity contribution is 9.10. The largest absolute Gasteiger partial charge is 0.496 e. The average molecular weight is 368 g/mol. The van der Waals surface area contributed by atoms with Crippen LogP contribution in [0.4, 0.5) is 0 Å². The predicted octanol–water partition coefficient (Wildman–Crippen LogP) is 2.74. The van der Waals surface area contributed by atoms with Gasteiger partial charge in [-0.15, -0.1) is 0 Å². The van der Waals surface area contributed by atoms with E-state index in [9.17, 15) is 8.42 Å². The minimum atomic E-state index is -3.47. The zero-order chi connectivity index (χ0) is 14.5. The van der Waals surface area contributed by atoms with Crippen molar-refractivity contribution in [2.75, 3.05) is 25.7 Å². The molecule has 0 aliphatic rings. The molecule has 0 aromatic heterocycles. The second kappa shape index (κ2) is 7.52. The van der Waals surface area contributed by atoms with Crippen LogP contribution in [0.25, 0.3) is 0 Å². The summed E-state index contributed by atoms with van der Waals surface area (Å²) in [5, 5.41) is 0. The minimum Gasteiger partial charge on any atom is -0.496 e. The third-order valence-corrected chi connectivity index (χ3v) is 5.45. The van der Waals surface area contributed by atoms with Crippen LogP contribution in [0.5, 0.6) is 5.75 Å². The van der Waals surface area contributed by atoms with Crippen molar-refractivity contribution in [1.82, 2.24) is 4.72 Å². The van der Waals surface area contributed by atoms with Crippen LogP contribution < -0.4 is 9.46 Å².